The zero-order valence-corrected chi connectivity index (χ0v) is 29.7. The lowest BCUT2D eigenvalue weighted by atomic mass is 9.70. The summed E-state index contributed by atoms with van der Waals surface area (Å²) in [6, 6.07) is 23.0. The average molecular weight is 614 g/mol. The summed E-state index contributed by atoms with van der Waals surface area (Å²) in [5.74, 6) is 0. The van der Waals surface area contributed by atoms with E-state index >= 15 is 0 Å². The van der Waals surface area contributed by atoms with Gasteiger partial charge < -0.3 is 0 Å². The predicted octanol–water partition coefficient (Wildman–Crippen LogP) is 12.7. The highest BCUT2D eigenvalue weighted by atomic mass is 15.1. The summed E-state index contributed by atoms with van der Waals surface area (Å²) in [6.45, 7) is 8.27. The van der Waals surface area contributed by atoms with Crippen molar-refractivity contribution in [1.82, 2.24) is 4.57 Å². The summed E-state index contributed by atoms with van der Waals surface area (Å²) in [5.41, 5.74) is 2.90. The van der Waals surface area contributed by atoms with Crippen molar-refractivity contribution in [1.29, 1.82) is 0 Å². The molecule has 45 heavy (non-hydrogen) atoms. The van der Waals surface area contributed by atoms with Crippen LogP contribution < -0.4 is 4.57 Å². The molecule has 2 heteroatoms. The van der Waals surface area contributed by atoms with E-state index in [1.54, 1.807) is 0 Å². The number of benzene rings is 2. The summed E-state index contributed by atoms with van der Waals surface area (Å²) in [7, 11) is 0. The SMILES string of the molecule is CCCCCCCCCCCCCCC[n+]1ccn(C(CCCCCCCCC)C(C)(Cc2ccccc2)c2ccccc2)c1. The number of hydrogen-bond donors (Lipinski definition) is 0. The summed E-state index contributed by atoms with van der Waals surface area (Å²) < 4.78 is 5.04. The maximum atomic E-state index is 2.58. The van der Waals surface area contributed by atoms with Crippen LogP contribution in [0.1, 0.15) is 173 Å². The van der Waals surface area contributed by atoms with E-state index in [0.29, 0.717) is 6.04 Å². The third-order valence-electron chi connectivity index (χ3n) is 10.3. The Labute approximate surface area is 279 Å². The first kappa shape index (κ1) is 37.1. The minimum Gasteiger partial charge on any atom is -0.237 e. The molecule has 3 rings (SSSR count). The maximum Gasteiger partial charge on any atom is 0.244 e. The van der Waals surface area contributed by atoms with E-state index in [2.05, 4.69) is 109 Å². The van der Waals surface area contributed by atoms with Gasteiger partial charge in [-0.05, 0) is 43.2 Å². The first-order chi connectivity index (χ1) is 22.2. The molecule has 2 aromatic carbocycles. The molecule has 0 saturated carbocycles. The molecule has 250 valence electrons. The van der Waals surface area contributed by atoms with Gasteiger partial charge in [0.05, 0.1) is 6.54 Å². The first-order valence-electron chi connectivity index (χ1n) is 19.3. The Morgan fingerprint density at radius 2 is 1.04 bits per heavy atom. The molecule has 2 atom stereocenters. The van der Waals surface area contributed by atoms with Crippen LogP contribution in [0.2, 0.25) is 0 Å². The summed E-state index contributed by atoms with van der Waals surface area (Å²) in [5, 5.41) is 0. The number of unbranched alkanes of at least 4 members (excludes halogenated alkanes) is 18. The Balaban J connectivity index is 1.56. The van der Waals surface area contributed by atoms with Gasteiger partial charge in [-0.25, -0.2) is 9.13 Å². The Morgan fingerprint density at radius 3 is 1.58 bits per heavy atom. The van der Waals surface area contributed by atoms with Crippen LogP contribution in [-0.2, 0) is 18.4 Å². The second kappa shape index (κ2) is 23.0. The van der Waals surface area contributed by atoms with Gasteiger partial charge >= 0.3 is 0 Å². The number of nitrogens with zero attached hydrogens (tertiary/aromatic N) is 2. The van der Waals surface area contributed by atoms with Gasteiger partial charge in [0.25, 0.3) is 0 Å². The van der Waals surface area contributed by atoms with E-state index in [1.807, 2.05) is 0 Å². The minimum absolute atomic E-state index is 0.0111. The highest BCUT2D eigenvalue weighted by Gasteiger charge is 2.40. The lowest BCUT2D eigenvalue weighted by Crippen LogP contribution is -2.38. The Kier molecular flexibility index (Phi) is 19.0. The zero-order chi connectivity index (χ0) is 31.8. The van der Waals surface area contributed by atoms with Crippen LogP contribution in [0.25, 0.3) is 0 Å². The molecule has 0 spiro atoms. The highest BCUT2D eigenvalue weighted by molar-refractivity contribution is 5.30. The molecular formula is C43H69N2+. The smallest absolute Gasteiger partial charge is 0.237 e. The summed E-state index contributed by atoms with van der Waals surface area (Å²) in [4.78, 5) is 0. The van der Waals surface area contributed by atoms with Crippen LogP contribution in [-0.4, -0.2) is 4.57 Å². The van der Waals surface area contributed by atoms with Crippen LogP contribution in [0.3, 0.4) is 0 Å². The molecule has 2 unspecified atom stereocenters. The fourth-order valence-corrected chi connectivity index (χ4v) is 7.38. The fraction of sp³-hybridized carbons (Fsp3) is 0.651. The van der Waals surface area contributed by atoms with E-state index in [4.69, 9.17) is 0 Å². The molecule has 0 bridgehead atoms. The van der Waals surface area contributed by atoms with E-state index in [0.717, 1.165) is 13.0 Å². The van der Waals surface area contributed by atoms with E-state index in [1.165, 1.54) is 146 Å². The Morgan fingerprint density at radius 1 is 0.578 bits per heavy atom. The van der Waals surface area contributed by atoms with Crippen molar-refractivity contribution in [2.45, 2.75) is 180 Å². The molecular weight excluding hydrogens is 544 g/mol. The molecule has 0 radical (unpaired) electrons. The van der Waals surface area contributed by atoms with Gasteiger partial charge in [-0.3, -0.25) is 0 Å². The molecule has 2 nitrogen and oxygen atoms in total. The van der Waals surface area contributed by atoms with Crippen LogP contribution >= 0.6 is 0 Å². The largest absolute Gasteiger partial charge is 0.244 e. The molecule has 0 aliphatic heterocycles. The molecule has 0 aliphatic rings. The van der Waals surface area contributed by atoms with Gasteiger partial charge in [0.2, 0.25) is 6.33 Å². The van der Waals surface area contributed by atoms with Crippen molar-refractivity contribution in [2.75, 3.05) is 0 Å². The van der Waals surface area contributed by atoms with Gasteiger partial charge in [-0.15, -0.1) is 0 Å². The van der Waals surface area contributed by atoms with Crippen molar-refractivity contribution in [3.8, 4) is 0 Å². The molecule has 0 aliphatic carbocycles. The Hall–Kier alpha value is -2.35. The van der Waals surface area contributed by atoms with E-state index in [-0.39, 0.29) is 5.41 Å². The molecule has 0 N–H and O–H groups in total. The summed E-state index contributed by atoms with van der Waals surface area (Å²) in [6.07, 6.45) is 37.3. The highest BCUT2D eigenvalue weighted by Crippen LogP contribution is 2.41. The molecule has 0 saturated heterocycles. The topological polar surface area (TPSA) is 8.81 Å². The molecule has 0 amide bonds. The molecule has 3 aromatic rings. The predicted molar refractivity (Wildman–Crippen MR) is 196 cm³/mol. The zero-order valence-electron chi connectivity index (χ0n) is 29.7. The third kappa shape index (κ3) is 14.3. The minimum atomic E-state index is 0.0111. The lowest BCUT2D eigenvalue weighted by molar-refractivity contribution is -0.697. The second-order valence-electron chi connectivity index (χ2n) is 14.2. The molecule has 1 aromatic heterocycles. The standard InChI is InChI=1S/C43H69N2/c1-4-6-8-10-12-13-14-15-16-17-19-21-29-35-44-36-37-45(39-44)42(34-28-20-18-11-9-7-5-2)43(3,41-32-26-23-27-33-41)38-40-30-24-22-25-31-40/h22-27,30-33,36-37,39,42H,4-21,28-29,34-35,38H2,1-3H3/q+1. The first-order valence-corrected chi connectivity index (χ1v) is 19.3. The normalized spacial score (nSPS) is 13.6. The number of hydrogen-bond acceptors (Lipinski definition) is 0. The van der Waals surface area contributed by atoms with Crippen LogP contribution in [0, 0.1) is 0 Å². The second-order valence-corrected chi connectivity index (χ2v) is 14.2. The van der Waals surface area contributed by atoms with Crippen LogP contribution in [0.15, 0.2) is 79.4 Å². The number of aromatic nitrogens is 2. The van der Waals surface area contributed by atoms with Crippen LogP contribution in [0.4, 0.5) is 0 Å². The van der Waals surface area contributed by atoms with Crippen molar-refractivity contribution in [3.63, 3.8) is 0 Å². The Bertz CT molecular complexity index is 1090. The third-order valence-corrected chi connectivity index (χ3v) is 10.3. The van der Waals surface area contributed by atoms with Gasteiger partial charge in [0.15, 0.2) is 0 Å². The van der Waals surface area contributed by atoms with Gasteiger partial charge in [0, 0.05) is 5.41 Å². The van der Waals surface area contributed by atoms with Gasteiger partial charge in [-0.2, -0.15) is 0 Å². The van der Waals surface area contributed by atoms with Gasteiger partial charge in [-0.1, -0.05) is 191 Å². The lowest BCUT2D eigenvalue weighted by Gasteiger charge is -2.37. The average Bonchev–Trinajstić information content (AvgIpc) is 3.53. The molecule has 0 fully saturated rings. The number of rotatable bonds is 27. The van der Waals surface area contributed by atoms with Crippen molar-refractivity contribution < 1.29 is 4.57 Å². The van der Waals surface area contributed by atoms with Gasteiger partial charge in [0.1, 0.15) is 18.4 Å². The van der Waals surface area contributed by atoms with Crippen molar-refractivity contribution in [2.24, 2.45) is 0 Å². The quantitative estimate of drug-likeness (QED) is 0.0597. The monoisotopic (exact) mass is 614 g/mol. The number of aryl methyl sites for hydroxylation is 1. The van der Waals surface area contributed by atoms with Crippen LogP contribution in [0.5, 0.6) is 0 Å². The van der Waals surface area contributed by atoms with Crippen molar-refractivity contribution in [3.05, 3.63) is 90.5 Å². The summed E-state index contributed by atoms with van der Waals surface area (Å²) >= 11 is 0. The fourth-order valence-electron chi connectivity index (χ4n) is 7.38. The van der Waals surface area contributed by atoms with E-state index < -0.39 is 0 Å². The maximum absolute atomic E-state index is 2.58. The van der Waals surface area contributed by atoms with E-state index in [9.17, 15) is 0 Å². The molecule has 1 heterocycles. The van der Waals surface area contributed by atoms with Crippen molar-refractivity contribution >= 4 is 0 Å². The number of imidazole rings is 1.